The van der Waals surface area contributed by atoms with Crippen molar-refractivity contribution in [3.8, 4) is 0 Å². The van der Waals surface area contributed by atoms with Crippen molar-refractivity contribution in [1.29, 1.82) is 0 Å². The first-order valence-corrected chi connectivity index (χ1v) is 6.80. The molecule has 1 aromatic heterocycles. The van der Waals surface area contributed by atoms with Gasteiger partial charge in [-0.25, -0.2) is 18.4 Å². The number of hydrogen-bond acceptors (Lipinski definition) is 4. The van der Waals surface area contributed by atoms with Crippen LogP contribution in [-0.2, 0) is 9.84 Å². The molecule has 7 heteroatoms. The van der Waals surface area contributed by atoms with E-state index < -0.39 is 9.84 Å². The third-order valence-corrected chi connectivity index (χ3v) is 4.33. The van der Waals surface area contributed by atoms with E-state index in [0.717, 1.165) is 0 Å². The molecule has 0 amide bonds. The summed E-state index contributed by atoms with van der Waals surface area (Å²) in [6.45, 7) is 0. The molecule has 0 bridgehead atoms. The lowest BCUT2D eigenvalue weighted by Crippen LogP contribution is -2.10. The van der Waals surface area contributed by atoms with Gasteiger partial charge in [0.1, 0.15) is 6.33 Å². The molecule has 0 aromatic carbocycles. The van der Waals surface area contributed by atoms with E-state index in [4.69, 9.17) is 11.6 Å². The average molecular weight is 300 g/mol. The van der Waals surface area contributed by atoms with Crippen LogP contribution in [0.15, 0.2) is 22.0 Å². The minimum atomic E-state index is -3.34. The van der Waals surface area contributed by atoms with Gasteiger partial charge in [0.25, 0.3) is 0 Å². The summed E-state index contributed by atoms with van der Waals surface area (Å²) in [5.74, 6) is 0.327. The van der Waals surface area contributed by atoms with Gasteiger partial charge in [-0.05, 0) is 22.4 Å². The van der Waals surface area contributed by atoms with E-state index >= 15 is 0 Å². The molecule has 0 spiro atoms. The highest BCUT2D eigenvalue weighted by molar-refractivity contribution is 9.10. The second kappa shape index (κ2) is 5.04. The molecule has 0 unspecified atom stereocenters. The molecule has 0 saturated heterocycles. The molecule has 1 aromatic rings. The summed E-state index contributed by atoms with van der Waals surface area (Å²) in [5.41, 5.74) is 0. The molecule has 0 aliphatic rings. The molecule has 0 aliphatic carbocycles. The molecule has 1 heterocycles. The Kier molecular flexibility index (Phi) is 4.28. The second-order valence-corrected chi connectivity index (χ2v) is 5.79. The van der Waals surface area contributed by atoms with Crippen LogP contribution in [0, 0.1) is 0 Å². The zero-order valence-electron chi connectivity index (χ0n) is 7.15. The molecule has 1 rings (SSSR count). The summed E-state index contributed by atoms with van der Waals surface area (Å²) in [6.07, 6.45) is 3.03. The van der Waals surface area contributed by atoms with E-state index in [-0.39, 0.29) is 10.8 Å². The molecule has 0 aliphatic heterocycles. The average Bonchev–Trinajstić information content (AvgIpc) is 2.15. The molecule has 78 valence electrons. The first kappa shape index (κ1) is 11.9. The number of halogens is 2. The maximum atomic E-state index is 11.6. The van der Waals surface area contributed by atoms with Gasteiger partial charge in [-0.1, -0.05) is 0 Å². The molecule has 0 N–H and O–H groups in total. The molecule has 0 atom stereocenters. The Balaban J connectivity index is 2.99. The smallest absolute Gasteiger partial charge is 0.196 e. The van der Waals surface area contributed by atoms with Crippen LogP contribution in [0.3, 0.4) is 0 Å². The maximum absolute atomic E-state index is 11.6. The Morgan fingerprint density at radius 3 is 2.79 bits per heavy atom. The fourth-order valence-electron chi connectivity index (χ4n) is 0.872. The van der Waals surface area contributed by atoms with E-state index in [9.17, 15) is 8.42 Å². The van der Waals surface area contributed by atoms with Gasteiger partial charge in [0, 0.05) is 12.1 Å². The topological polar surface area (TPSA) is 59.9 Å². The van der Waals surface area contributed by atoms with Crippen LogP contribution in [0.1, 0.15) is 6.42 Å². The normalized spacial score (nSPS) is 11.6. The van der Waals surface area contributed by atoms with Gasteiger partial charge in [-0.2, -0.15) is 0 Å². The van der Waals surface area contributed by atoms with Crippen molar-refractivity contribution >= 4 is 37.4 Å². The summed E-state index contributed by atoms with van der Waals surface area (Å²) in [5, 5.41) is 0.0256. The molecule has 14 heavy (non-hydrogen) atoms. The van der Waals surface area contributed by atoms with E-state index in [1.807, 2.05) is 0 Å². The number of sulfone groups is 1. The quantitative estimate of drug-likeness (QED) is 0.626. The van der Waals surface area contributed by atoms with Gasteiger partial charge in [0.05, 0.1) is 10.2 Å². The standard InChI is InChI=1S/C7H8BrClN2O2S/c8-6-4-10-5-11-7(6)14(12,13)3-1-2-9/h4-5H,1-3H2. The number of hydrogen-bond donors (Lipinski definition) is 0. The molecular weight excluding hydrogens is 292 g/mol. The third kappa shape index (κ3) is 2.90. The lowest BCUT2D eigenvalue weighted by Gasteiger charge is -2.02. The summed E-state index contributed by atoms with van der Waals surface area (Å²) < 4.78 is 23.6. The van der Waals surface area contributed by atoms with Crippen LogP contribution >= 0.6 is 27.5 Å². The van der Waals surface area contributed by atoms with Gasteiger partial charge >= 0.3 is 0 Å². The van der Waals surface area contributed by atoms with Crippen LogP contribution in [-0.4, -0.2) is 30.0 Å². The SMILES string of the molecule is O=S(=O)(CCCCl)c1ncncc1Br. The number of aromatic nitrogens is 2. The number of rotatable bonds is 4. The van der Waals surface area contributed by atoms with Crippen molar-refractivity contribution in [3.05, 3.63) is 17.0 Å². The number of alkyl halides is 1. The first-order valence-electron chi connectivity index (χ1n) is 3.82. The van der Waals surface area contributed by atoms with Crippen LogP contribution < -0.4 is 0 Å². The van der Waals surface area contributed by atoms with Gasteiger partial charge in [-0.3, -0.25) is 0 Å². The summed E-state index contributed by atoms with van der Waals surface area (Å²) in [7, 11) is -3.34. The predicted molar refractivity (Wildman–Crippen MR) is 57.1 cm³/mol. The first-order chi connectivity index (χ1) is 6.58. The maximum Gasteiger partial charge on any atom is 0.196 e. The van der Waals surface area contributed by atoms with E-state index in [1.54, 1.807) is 0 Å². The Labute approximate surface area is 95.8 Å². The second-order valence-electron chi connectivity index (χ2n) is 2.54. The predicted octanol–water partition coefficient (Wildman–Crippen LogP) is 1.64. The van der Waals surface area contributed by atoms with Gasteiger partial charge in [0.15, 0.2) is 14.9 Å². The van der Waals surface area contributed by atoms with Crippen LogP contribution in [0.5, 0.6) is 0 Å². The molecule has 0 radical (unpaired) electrons. The molecular formula is C7H8BrClN2O2S. The van der Waals surface area contributed by atoms with Crippen molar-refractivity contribution in [3.63, 3.8) is 0 Å². The van der Waals surface area contributed by atoms with Crippen molar-refractivity contribution in [1.82, 2.24) is 9.97 Å². The Morgan fingerprint density at radius 2 is 2.21 bits per heavy atom. The van der Waals surface area contributed by atoms with Crippen molar-refractivity contribution < 1.29 is 8.42 Å². The summed E-state index contributed by atoms with van der Waals surface area (Å²) >= 11 is 8.51. The van der Waals surface area contributed by atoms with E-state index in [2.05, 4.69) is 25.9 Å². The Morgan fingerprint density at radius 1 is 1.50 bits per heavy atom. The largest absolute Gasteiger partial charge is 0.244 e. The third-order valence-electron chi connectivity index (χ3n) is 1.48. The zero-order chi connectivity index (χ0) is 10.6. The Bertz CT molecular complexity index is 410. The molecule has 0 fully saturated rings. The monoisotopic (exact) mass is 298 g/mol. The zero-order valence-corrected chi connectivity index (χ0v) is 10.3. The van der Waals surface area contributed by atoms with Gasteiger partial charge in [0.2, 0.25) is 0 Å². The van der Waals surface area contributed by atoms with E-state index in [1.165, 1.54) is 12.5 Å². The molecule has 4 nitrogen and oxygen atoms in total. The summed E-state index contributed by atoms with van der Waals surface area (Å²) in [6, 6.07) is 0. The van der Waals surface area contributed by atoms with Crippen LogP contribution in [0.4, 0.5) is 0 Å². The van der Waals surface area contributed by atoms with Crippen molar-refractivity contribution in [2.45, 2.75) is 11.4 Å². The van der Waals surface area contributed by atoms with Crippen LogP contribution in [0.25, 0.3) is 0 Å². The lowest BCUT2D eigenvalue weighted by atomic mass is 10.6. The number of nitrogens with zero attached hydrogens (tertiary/aromatic N) is 2. The van der Waals surface area contributed by atoms with Crippen molar-refractivity contribution in [2.24, 2.45) is 0 Å². The fraction of sp³-hybridized carbons (Fsp3) is 0.429. The Hall–Kier alpha value is -0.200. The highest BCUT2D eigenvalue weighted by Gasteiger charge is 2.18. The highest BCUT2D eigenvalue weighted by Crippen LogP contribution is 2.19. The minimum Gasteiger partial charge on any atom is -0.244 e. The van der Waals surface area contributed by atoms with E-state index in [0.29, 0.717) is 16.8 Å². The fourth-order valence-corrected chi connectivity index (χ4v) is 3.40. The van der Waals surface area contributed by atoms with Crippen LogP contribution in [0.2, 0.25) is 0 Å². The highest BCUT2D eigenvalue weighted by atomic mass is 79.9. The molecule has 0 saturated carbocycles. The lowest BCUT2D eigenvalue weighted by molar-refractivity contribution is 0.590. The summed E-state index contributed by atoms with van der Waals surface area (Å²) in [4.78, 5) is 7.40. The van der Waals surface area contributed by atoms with Gasteiger partial charge < -0.3 is 0 Å². The van der Waals surface area contributed by atoms with Crippen molar-refractivity contribution in [2.75, 3.05) is 11.6 Å². The van der Waals surface area contributed by atoms with Gasteiger partial charge in [-0.15, -0.1) is 11.6 Å². The minimum absolute atomic E-state index is 0.00606.